The number of hydrogen-bond donors (Lipinski definition) is 2. The SMILES string of the molecule is COc1ccccc1C(C)NC(=O)CN1CCCCC1C(=O)O. The summed E-state index contributed by atoms with van der Waals surface area (Å²) in [6, 6.07) is 6.77. The molecule has 23 heavy (non-hydrogen) atoms. The Morgan fingerprint density at radius 2 is 2.13 bits per heavy atom. The summed E-state index contributed by atoms with van der Waals surface area (Å²) in [6.07, 6.45) is 2.43. The minimum atomic E-state index is -0.852. The highest BCUT2D eigenvalue weighted by Gasteiger charge is 2.29. The molecule has 1 heterocycles. The Morgan fingerprint density at radius 1 is 1.39 bits per heavy atom. The van der Waals surface area contributed by atoms with Gasteiger partial charge in [0.15, 0.2) is 0 Å². The van der Waals surface area contributed by atoms with E-state index < -0.39 is 12.0 Å². The van der Waals surface area contributed by atoms with Gasteiger partial charge in [0.2, 0.25) is 5.91 Å². The van der Waals surface area contributed by atoms with E-state index in [1.54, 1.807) is 12.0 Å². The third-order valence-electron chi connectivity index (χ3n) is 4.23. The summed E-state index contributed by atoms with van der Waals surface area (Å²) >= 11 is 0. The highest BCUT2D eigenvalue weighted by atomic mass is 16.5. The number of likely N-dealkylation sites (tertiary alicyclic amines) is 1. The van der Waals surface area contributed by atoms with Gasteiger partial charge in [-0.1, -0.05) is 24.6 Å². The van der Waals surface area contributed by atoms with Crippen molar-refractivity contribution in [2.75, 3.05) is 20.2 Å². The molecule has 0 bridgehead atoms. The zero-order valence-electron chi connectivity index (χ0n) is 13.6. The van der Waals surface area contributed by atoms with Crippen LogP contribution in [0.25, 0.3) is 0 Å². The van der Waals surface area contributed by atoms with E-state index in [1.807, 2.05) is 31.2 Å². The standard InChI is InChI=1S/C17H24N2O4/c1-12(13-7-3-4-9-15(13)23-2)18-16(20)11-19-10-6-5-8-14(19)17(21)22/h3-4,7,9,12,14H,5-6,8,10-11H2,1-2H3,(H,18,20)(H,21,22). The number of para-hydroxylation sites is 1. The third-order valence-corrected chi connectivity index (χ3v) is 4.23. The van der Waals surface area contributed by atoms with Gasteiger partial charge in [0.25, 0.3) is 0 Å². The van der Waals surface area contributed by atoms with Gasteiger partial charge in [-0.05, 0) is 32.4 Å². The van der Waals surface area contributed by atoms with Gasteiger partial charge in [0, 0.05) is 5.56 Å². The molecule has 6 nitrogen and oxygen atoms in total. The molecule has 1 fully saturated rings. The van der Waals surface area contributed by atoms with Crippen LogP contribution in [-0.2, 0) is 9.59 Å². The number of nitrogens with zero attached hydrogens (tertiary/aromatic N) is 1. The lowest BCUT2D eigenvalue weighted by atomic mass is 10.0. The van der Waals surface area contributed by atoms with E-state index in [4.69, 9.17) is 4.74 Å². The van der Waals surface area contributed by atoms with Crippen LogP contribution in [0.4, 0.5) is 0 Å². The van der Waals surface area contributed by atoms with Crippen molar-refractivity contribution in [2.24, 2.45) is 0 Å². The van der Waals surface area contributed by atoms with E-state index in [9.17, 15) is 14.7 Å². The van der Waals surface area contributed by atoms with Crippen molar-refractivity contribution < 1.29 is 19.4 Å². The predicted octanol–water partition coefficient (Wildman–Crippen LogP) is 1.81. The summed E-state index contributed by atoms with van der Waals surface area (Å²) in [5.74, 6) is -0.298. The fraction of sp³-hybridized carbons (Fsp3) is 0.529. The van der Waals surface area contributed by atoms with Gasteiger partial charge in [-0.3, -0.25) is 14.5 Å². The number of carboxylic acids is 1. The number of nitrogens with one attached hydrogen (secondary N) is 1. The average Bonchev–Trinajstić information content (AvgIpc) is 2.54. The number of hydrogen-bond acceptors (Lipinski definition) is 4. The topological polar surface area (TPSA) is 78.9 Å². The molecule has 1 aromatic rings. The van der Waals surface area contributed by atoms with Crippen molar-refractivity contribution >= 4 is 11.9 Å². The first-order valence-electron chi connectivity index (χ1n) is 7.92. The number of piperidine rings is 1. The van der Waals surface area contributed by atoms with Crippen LogP contribution in [0.2, 0.25) is 0 Å². The lowest BCUT2D eigenvalue weighted by molar-refractivity contribution is -0.145. The van der Waals surface area contributed by atoms with Crippen LogP contribution in [0.15, 0.2) is 24.3 Å². The first kappa shape index (κ1) is 17.3. The van der Waals surface area contributed by atoms with Crippen molar-refractivity contribution in [3.05, 3.63) is 29.8 Å². The molecule has 2 unspecified atom stereocenters. The number of benzene rings is 1. The summed E-state index contributed by atoms with van der Waals surface area (Å²) in [7, 11) is 1.60. The van der Waals surface area contributed by atoms with Crippen LogP contribution < -0.4 is 10.1 Å². The lowest BCUT2D eigenvalue weighted by Gasteiger charge is -2.32. The maximum absolute atomic E-state index is 12.3. The number of aliphatic carboxylic acids is 1. The zero-order valence-corrected chi connectivity index (χ0v) is 13.6. The van der Waals surface area contributed by atoms with Gasteiger partial charge < -0.3 is 15.2 Å². The summed E-state index contributed by atoms with van der Waals surface area (Å²) in [4.78, 5) is 25.3. The molecule has 1 aromatic carbocycles. The third kappa shape index (κ3) is 4.45. The van der Waals surface area contributed by atoms with E-state index in [0.717, 1.165) is 24.2 Å². The fourth-order valence-electron chi connectivity index (χ4n) is 3.03. The number of ether oxygens (including phenoxy) is 1. The van der Waals surface area contributed by atoms with E-state index in [0.29, 0.717) is 13.0 Å². The van der Waals surface area contributed by atoms with Crippen molar-refractivity contribution in [3.63, 3.8) is 0 Å². The second-order valence-electron chi connectivity index (χ2n) is 5.85. The number of carboxylic acid groups (broad SMARTS) is 1. The second kappa shape index (κ2) is 7.97. The van der Waals surface area contributed by atoms with Gasteiger partial charge in [0.1, 0.15) is 11.8 Å². The number of carbonyl (C=O) groups excluding carboxylic acids is 1. The van der Waals surface area contributed by atoms with Crippen molar-refractivity contribution in [1.29, 1.82) is 0 Å². The Morgan fingerprint density at radius 3 is 2.83 bits per heavy atom. The highest BCUT2D eigenvalue weighted by Crippen LogP contribution is 2.24. The van der Waals surface area contributed by atoms with Crippen LogP contribution in [0.1, 0.15) is 37.8 Å². The molecule has 0 saturated carbocycles. The Labute approximate surface area is 136 Å². The molecule has 1 amide bonds. The van der Waals surface area contributed by atoms with Crippen molar-refractivity contribution in [1.82, 2.24) is 10.2 Å². The molecule has 0 aliphatic carbocycles. The monoisotopic (exact) mass is 320 g/mol. The van der Waals surface area contributed by atoms with Gasteiger partial charge >= 0.3 is 5.97 Å². The molecule has 2 rings (SSSR count). The Balaban J connectivity index is 1.97. The van der Waals surface area contributed by atoms with Gasteiger partial charge in [-0.15, -0.1) is 0 Å². The molecular formula is C17H24N2O4. The normalized spacial score (nSPS) is 19.8. The Bertz CT molecular complexity index is 561. The number of rotatable bonds is 6. The van der Waals surface area contributed by atoms with Crippen LogP contribution in [0, 0.1) is 0 Å². The predicted molar refractivity (Wildman–Crippen MR) is 86.4 cm³/mol. The Hall–Kier alpha value is -2.08. The minimum Gasteiger partial charge on any atom is -0.496 e. The molecule has 0 aromatic heterocycles. The number of amides is 1. The van der Waals surface area contributed by atoms with E-state index >= 15 is 0 Å². The van der Waals surface area contributed by atoms with Crippen LogP contribution in [0.3, 0.4) is 0 Å². The van der Waals surface area contributed by atoms with Gasteiger partial charge in [-0.25, -0.2) is 0 Å². The second-order valence-corrected chi connectivity index (χ2v) is 5.85. The zero-order chi connectivity index (χ0) is 16.8. The van der Waals surface area contributed by atoms with Crippen LogP contribution in [0.5, 0.6) is 5.75 Å². The molecule has 126 valence electrons. The molecule has 1 saturated heterocycles. The maximum atomic E-state index is 12.3. The molecule has 1 aliphatic rings. The highest BCUT2D eigenvalue weighted by molar-refractivity contribution is 5.80. The molecule has 2 N–H and O–H groups in total. The Kier molecular flexibility index (Phi) is 5.98. The first-order chi connectivity index (χ1) is 11.0. The lowest BCUT2D eigenvalue weighted by Crippen LogP contribution is -2.49. The summed E-state index contributed by atoms with van der Waals surface area (Å²) in [6.45, 7) is 2.64. The van der Waals surface area contributed by atoms with Gasteiger partial charge in [-0.2, -0.15) is 0 Å². The summed E-state index contributed by atoms with van der Waals surface area (Å²) in [5, 5.41) is 12.2. The average molecular weight is 320 g/mol. The van der Waals surface area contributed by atoms with E-state index in [1.165, 1.54) is 0 Å². The molecule has 1 aliphatic heterocycles. The van der Waals surface area contributed by atoms with Crippen LogP contribution >= 0.6 is 0 Å². The van der Waals surface area contributed by atoms with E-state index in [2.05, 4.69) is 5.32 Å². The van der Waals surface area contributed by atoms with Crippen molar-refractivity contribution in [3.8, 4) is 5.75 Å². The molecule has 0 spiro atoms. The molecule has 6 heteroatoms. The van der Waals surface area contributed by atoms with Crippen molar-refractivity contribution in [2.45, 2.75) is 38.3 Å². The summed E-state index contributed by atoms with van der Waals surface area (Å²) < 4.78 is 5.31. The van der Waals surface area contributed by atoms with E-state index in [-0.39, 0.29) is 18.5 Å². The quantitative estimate of drug-likeness (QED) is 0.836. The largest absolute Gasteiger partial charge is 0.496 e. The molecule has 2 atom stereocenters. The maximum Gasteiger partial charge on any atom is 0.320 e. The van der Waals surface area contributed by atoms with Crippen LogP contribution in [-0.4, -0.2) is 48.1 Å². The molecular weight excluding hydrogens is 296 g/mol. The number of methoxy groups -OCH3 is 1. The first-order valence-corrected chi connectivity index (χ1v) is 7.92. The minimum absolute atomic E-state index is 0.108. The van der Waals surface area contributed by atoms with Gasteiger partial charge in [0.05, 0.1) is 19.7 Å². The fourth-order valence-corrected chi connectivity index (χ4v) is 3.03. The smallest absolute Gasteiger partial charge is 0.320 e. The number of carbonyl (C=O) groups is 2. The molecule has 0 radical (unpaired) electrons. The summed E-state index contributed by atoms with van der Waals surface area (Å²) in [5.41, 5.74) is 0.900.